The summed E-state index contributed by atoms with van der Waals surface area (Å²) < 4.78 is 41.1. The van der Waals surface area contributed by atoms with Gasteiger partial charge in [0, 0.05) is 11.5 Å². The molecule has 0 aliphatic heterocycles. The largest absolute Gasteiger partial charge is 0.503 e. The minimum Gasteiger partial charge on any atom is -0.503 e. The first kappa shape index (κ1) is 13.7. The van der Waals surface area contributed by atoms with Crippen LogP contribution in [0.15, 0.2) is 10.5 Å². The topological polar surface area (TPSA) is 37.3 Å². The molecule has 20 heavy (non-hydrogen) atoms. The third kappa shape index (κ3) is 1.74. The molecule has 1 N–H and O–H groups in total. The summed E-state index contributed by atoms with van der Waals surface area (Å²) in [6, 6.07) is 0.748. The Labute approximate surface area is 121 Å². The highest BCUT2D eigenvalue weighted by Crippen LogP contribution is 2.52. The van der Waals surface area contributed by atoms with Crippen LogP contribution in [-0.2, 0) is 4.79 Å². The minimum absolute atomic E-state index is 0.143. The minimum atomic E-state index is -1.62. The first-order valence-electron chi connectivity index (χ1n) is 6.24. The molecule has 0 bridgehead atoms. The van der Waals surface area contributed by atoms with Crippen LogP contribution in [0.4, 0.5) is 13.2 Å². The van der Waals surface area contributed by atoms with Gasteiger partial charge in [-0.3, -0.25) is 4.79 Å². The van der Waals surface area contributed by atoms with Gasteiger partial charge < -0.3 is 5.11 Å². The quantitative estimate of drug-likeness (QED) is 0.782. The average Bonchev–Trinajstić information content (AvgIpc) is 2.97. The molecule has 1 saturated carbocycles. The monoisotopic (exact) mass is 346 g/mol. The molecular weight excluding hydrogens is 337 g/mol. The maximum absolute atomic E-state index is 14.0. The Hall–Kier alpha value is -1.30. The number of benzene rings is 1. The second-order valence-electron chi connectivity index (χ2n) is 5.12. The Morgan fingerprint density at radius 2 is 1.80 bits per heavy atom. The number of rotatable bonds is 1. The van der Waals surface area contributed by atoms with E-state index >= 15 is 0 Å². The number of carbonyl (C=O) groups excluding carboxylic acids is 1. The number of Topliss-reactive ketones (excluding diaryl/α,β-unsaturated/α-hetero) is 1. The molecule has 2 aliphatic rings. The van der Waals surface area contributed by atoms with Gasteiger partial charge >= 0.3 is 0 Å². The summed E-state index contributed by atoms with van der Waals surface area (Å²) in [4.78, 5) is 12.1. The zero-order valence-electron chi connectivity index (χ0n) is 10.2. The van der Waals surface area contributed by atoms with E-state index in [1.165, 1.54) is 0 Å². The van der Waals surface area contributed by atoms with Crippen molar-refractivity contribution >= 4 is 27.3 Å². The van der Waals surface area contributed by atoms with Gasteiger partial charge in [-0.05, 0) is 46.3 Å². The fraction of sp³-hybridized carbons (Fsp3) is 0.357. The van der Waals surface area contributed by atoms with E-state index in [2.05, 4.69) is 15.9 Å². The van der Waals surface area contributed by atoms with E-state index in [-0.39, 0.29) is 27.7 Å². The van der Waals surface area contributed by atoms with E-state index in [0.29, 0.717) is 18.4 Å². The predicted octanol–water partition coefficient (Wildman–Crippen LogP) is 3.91. The van der Waals surface area contributed by atoms with E-state index in [0.717, 1.165) is 12.5 Å². The van der Waals surface area contributed by atoms with Crippen LogP contribution in [0.25, 0.3) is 5.57 Å². The molecule has 3 rings (SSSR count). The van der Waals surface area contributed by atoms with Gasteiger partial charge in [0.25, 0.3) is 0 Å². The predicted molar refractivity (Wildman–Crippen MR) is 69.7 cm³/mol. The summed E-state index contributed by atoms with van der Waals surface area (Å²) in [5.41, 5.74) is 0.0280. The van der Waals surface area contributed by atoms with Crippen LogP contribution in [0.2, 0.25) is 0 Å². The van der Waals surface area contributed by atoms with E-state index in [1.54, 1.807) is 0 Å². The first-order chi connectivity index (χ1) is 9.43. The molecule has 0 amide bonds. The smallest absolute Gasteiger partial charge is 0.204 e. The molecular formula is C14H10BrF3O2. The van der Waals surface area contributed by atoms with Crippen LogP contribution >= 0.6 is 15.9 Å². The Bertz CT molecular complexity index is 654. The lowest BCUT2D eigenvalue weighted by Gasteiger charge is -2.15. The van der Waals surface area contributed by atoms with Crippen molar-refractivity contribution in [2.24, 2.45) is 11.8 Å². The summed E-state index contributed by atoms with van der Waals surface area (Å²) in [6.45, 7) is 0. The van der Waals surface area contributed by atoms with Gasteiger partial charge in [-0.15, -0.1) is 0 Å². The Morgan fingerprint density at radius 1 is 1.15 bits per heavy atom. The fourth-order valence-corrected chi connectivity index (χ4v) is 3.98. The molecule has 1 aromatic rings. The molecule has 0 radical (unpaired) electrons. The summed E-state index contributed by atoms with van der Waals surface area (Å²) in [5, 5.41) is 9.07. The van der Waals surface area contributed by atoms with Crippen molar-refractivity contribution < 1.29 is 23.1 Å². The van der Waals surface area contributed by atoms with Gasteiger partial charge in [-0.2, -0.15) is 4.39 Å². The maximum Gasteiger partial charge on any atom is 0.204 e. The van der Waals surface area contributed by atoms with E-state index in [1.807, 2.05) is 0 Å². The molecule has 1 aromatic carbocycles. The molecule has 0 heterocycles. The lowest BCUT2D eigenvalue weighted by atomic mass is 9.90. The van der Waals surface area contributed by atoms with Gasteiger partial charge in [-0.1, -0.05) is 6.42 Å². The molecule has 0 aromatic heterocycles. The van der Waals surface area contributed by atoms with Gasteiger partial charge in [0.2, 0.25) is 5.82 Å². The number of phenols is 1. The highest BCUT2D eigenvalue weighted by Gasteiger charge is 2.45. The summed E-state index contributed by atoms with van der Waals surface area (Å²) in [6.07, 6.45) is 2.21. The number of ketones is 1. The van der Waals surface area contributed by atoms with Crippen molar-refractivity contribution in [1.82, 2.24) is 0 Å². The van der Waals surface area contributed by atoms with Gasteiger partial charge in [0.15, 0.2) is 23.2 Å². The number of hydrogen-bond donors (Lipinski definition) is 1. The molecule has 6 heteroatoms. The van der Waals surface area contributed by atoms with Gasteiger partial charge in [0.05, 0.1) is 4.48 Å². The Kier molecular flexibility index (Phi) is 3.16. The SMILES string of the molecule is O=C1C(Br)=C(c2cc(F)c(O)c(F)c2F)C2CCCC12. The van der Waals surface area contributed by atoms with Crippen LogP contribution in [-0.4, -0.2) is 10.9 Å². The lowest BCUT2D eigenvalue weighted by molar-refractivity contribution is -0.118. The molecule has 2 unspecified atom stereocenters. The normalized spacial score (nSPS) is 25.5. The number of aromatic hydroxyl groups is 1. The molecule has 2 aliphatic carbocycles. The molecule has 106 valence electrons. The molecule has 0 saturated heterocycles. The second-order valence-corrected chi connectivity index (χ2v) is 5.91. The number of hydrogen-bond acceptors (Lipinski definition) is 2. The second kappa shape index (κ2) is 4.62. The molecule has 1 fully saturated rings. The van der Waals surface area contributed by atoms with Crippen molar-refractivity contribution in [1.29, 1.82) is 0 Å². The van der Waals surface area contributed by atoms with Crippen LogP contribution in [0.5, 0.6) is 5.75 Å². The summed E-state index contributed by atoms with van der Waals surface area (Å²) in [5.74, 6) is -6.11. The zero-order chi connectivity index (χ0) is 14.6. The first-order valence-corrected chi connectivity index (χ1v) is 7.03. The third-order valence-electron chi connectivity index (χ3n) is 4.10. The van der Waals surface area contributed by atoms with Crippen molar-refractivity contribution in [3.8, 4) is 5.75 Å². The van der Waals surface area contributed by atoms with Crippen LogP contribution < -0.4 is 0 Å². The van der Waals surface area contributed by atoms with Crippen LogP contribution in [0.1, 0.15) is 24.8 Å². The third-order valence-corrected chi connectivity index (χ3v) is 4.92. The number of carbonyl (C=O) groups is 1. The fourth-order valence-electron chi connectivity index (χ4n) is 3.18. The van der Waals surface area contributed by atoms with E-state index in [4.69, 9.17) is 5.11 Å². The standard InChI is InChI=1S/C14H10BrF3O2/c15-10-9(5-2-1-3-6(5)13(10)19)7-4-8(16)14(20)12(18)11(7)17/h4-6,20H,1-3H2. The number of halogens is 4. The number of fused-ring (bicyclic) bond motifs is 1. The molecule has 2 atom stereocenters. The van der Waals surface area contributed by atoms with Crippen molar-refractivity contribution in [3.63, 3.8) is 0 Å². The van der Waals surface area contributed by atoms with E-state index in [9.17, 15) is 18.0 Å². The molecule has 2 nitrogen and oxygen atoms in total. The number of phenolic OH excluding ortho intramolecular Hbond substituents is 1. The Balaban J connectivity index is 2.21. The van der Waals surface area contributed by atoms with Crippen molar-refractivity contribution in [2.45, 2.75) is 19.3 Å². The zero-order valence-corrected chi connectivity index (χ0v) is 11.8. The lowest BCUT2D eigenvalue weighted by Crippen LogP contribution is -2.11. The van der Waals surface area contributed by atoms with E-state index < -0.39 is 23.2 Å². The average molecular weight is 347 g/mol. The summed E-state index contributed by atoms with van der Waals surface area (Å²) in [7, 11) is 0. The highest BCUT2D eigenvalue weighted by molar-refractivity contribution is 9.12. The van der Waals surface area contributed by atoms with Crippen LogP contribution in [0, 0.1) is 29.3 Å². The maximum atomic E-state index is 14.0. The highest BCUT2D eigenvalue weighted by atomic mass is 79.9. The number of allylic oxidation sites excluding steroid dienone is 2. The van der Waals surface area contributed by atoms with Crippen molar-refractivity contribution in [3.05, 3.63) is 33.6 Å². The molecule has 0 spiro atoms. The van der Waals surface area contributed by atoms with Crippen LogP contribution in [0.3, 0.4) is 0 Å². The van der Waals surface area contributed by atoms with Crippen molar-refractivity contribution in [2.75, 3.05) is 0 Å². The summed E-state index contributed by atoms with van der Waals surface area (Å²) >= 11 is 3.12. The Morgan fingerprint density at radius 3 is 2.50 bits per heavy atom. The van der Waals surface area contributed by atoms with Gasteiger partial charge in [-0.25, -0.2) is 8.78 Å². The van der Waals surface area contributed by atoms with Gasteiger partial charge in [0.1, 0.15) is 0 Å².